The summed E-state index contributed by atoms with van der Waals surface area (Å²) in [6, 6.07) is 9.32. The van der Waals surface area contributed by atoms with E-state index >= 15 is 0 Å². The van der Waals surface area contributed by atoms with Crippen LogP contribution in [0.4, 0.5) is 17.1 Å². The fourth-order valence-corrected chi connectivity index (χ4v) is 5.46. The number of ether oxygens (including phenoxy) is 1. The standard InChI is InChI=1S/C25H31ClN4O4S.C2H6/c1-16-12-17(2)25(30(18(3)31)19(4)32)23(13-16)35-28(5)15-24(33)27-20-6-7-22(21(26)14-20)29-8-10-34-11-9-29;1-2/h6-7,12-14H,8-11,15H2,1-5H3,(H,27,33);1-2H3. The van der Waals surface area contributed by atoms with Crippen LogP contribution in [0.1, 0.15) is 38.8 Å². The molecule has 202 valence electrons. The van der Waals surface area contributed by atoms with Crippen LogP contribution in [0.3, 0.4) is 0 Å². The van der Waals surface area contributed by atoms with Gasteiger partial charge in [0.15, 0.2) is 0 Å². The van der Waals surface area contributed by atoms with E-state index in [1.165, 1.54) is 30.7 Å². The Hall–Kier alpha value is -2.59. The predicted molar refractivity (Wildman–Crippen MR) is 153 cm³/mol. The molecule has 0 aromatic heterocycles. The lowest BCUT2D eigenvalue weighted by atomic mass is 10.1. The van der Waals surface area contributed by atoms with E-state index in [0.29, 0.717) is 29.6 Å². The maximum Gasteiger partial charge on any atom is 0.239 e. The number of amides is 3. The molecule has 0 aliphatic carbocycles. The van der Waals surface area contributed by atoms with Gasteiger partial charge in [-0.2, -0.15) is 0 Å². The van der Waals surface area contributed by atoms with Gasteiger partial charge in [0, 0.05) is 37.5 Å². The summed E-state index contributed by atoms with van der Waals surface area (Å²) in [5.74, 6) is -0.927. The van der Waals surface area contributed by atoms with Crippen molar-refractivity contribution in [2.24, 2.45) is 0 Å². The fourth-order valence-electron chi connectivity index (χ4n) is 4.06. The number of nitrogens with one attached hydrogen (secondary N) is 1. The smallest absolute Gasteiger partial charge is 0.239 e. The van der Waals surface area contributed by atoms with Crippen LogP contribution in [0.5, 0.6) is 0 Å². The predicted octanol–water partition coefficient (Wildman–Crippen LogP) is 5.30. The van der Waals surface area contributed by atoms with Crippen molar-refractivity contribution in [2.45, 2.75) is 46.4 Å². The first-order valence-corrected chi connectivity index (χ1v) is 13.5. The van der Waals surface area contributed by atoms with Crippen LogP contribution in [-0.4, -0.2) is 61.9 Å². The molecule has 3 rings (SSSR count). The average molecular weight is 549 g/mol. The van der Waals surface area contributed by atoms with Crippen molar-refractivity contribution in [3.8, 4) is 0 Å². The topological polar surface area (TPSA) is 82.2 Å². The Balaban J connectivity index is 0.00000235. The molecule has 1 N–H and O–H groups in total. The number of carbonyl (C=O) groups excluding carboxylic acids is 3. The number of likely N-dealkylation sites (N-methyl/N-ethyl adjacent to an activating group) is 1. The van der Waals surface area contributed by atoms with Crippen LogP contribution in [0.15, 0.2) is 35.2 Å². The molecule has 8 nitrogen and oxygen atoms in total. The van der Waals surface area contributed by atoms with E-state index in [4.69, 9.17) is 16.3 Å². The number of hydrogen-bond acceptors (Lipinski definition) is 7. The van der Waals surface area contributed by atoms with Gasteiger partial charge in [-0.1, -0.05) is 31.5 Å². The summed E-state index contributed by atoms with van der Waals surface area (Å²) >= 11 is 7.79. The number of morpholine rings is 1. The Labute approximate surface area is 229 Å². The minimum absolute atomic E-state index is 0.0834. The second-order valence-electron chi connectivity index (χ2n) is 8.49. The Kier molecular flexibility index (Phi) is 11.9. The minimum atomic E-state index is -0.357. The van der Waals surface area contributed by atoms with Gasteiger partial charge in [0.05, 0.1) is 36.2 Å². The van der Waals surface area contributed by atoms with E-state index in [0.717, 1.165) is 34.8 Å². The molecule has 2 aromatic rings. The highest BCUT2D eigenvalue weighted by atomic mass is 35.5. The number of anilines is 3. The molecule has 0 unspecified atom stereocenters. The van der Waals surface area contributed by atoms with Gasteiger partial charge in [0.1, 0.15) is 0 Å². The highest BCUT2D eigenvalue weighted by Crippen LogP contribution is 2.36. The van der Waals surface area contributed by atoms with Crippen molar-refractivity contribution in [2.75, 3.05) is 55.0 Å². The summed E-state index contributed by atoms with van der Waals surface area (Å²) in [5, 5.41) is 3.46. The van der Waals surface area contributed by atoms with Gasteiger partial charge in [-0.05, 0) is 68.2 Å². The third-order valence-electron chi connectivity index (χ3n) is 5.47. The molecule has 1 saturated heterocycles. The number of nitrogens with zero attached hydrogens (tertiary/aromatic N) is 3. The summed E-state index contributed by atoms with van der Waals surface area (Å²) in [7, 11) is 1.78. The Morgan fingerprint density at radius 3 is 2.24 bits per heavy atom. The number of hydrogen-bond donors (Lipinski definition) is 1. The van der Waals surface area contributed by atoms with Crippen LogP contribution >= 0.6 is 23.5 Å². The van der Waals surface area contributed by atoms with Crippen LogP contribution < -0.4 is 15.1 Å². The molecule has 0 saturated carbocycles. The molecule has 10 heteroatoms. The van der Waals surface area contributed by atoms with Gasteiger partial charge in [-0.25, -0.2) is 9.21 Å². The SMILES string of the molecule is CC.CC(=O)N(C(C)=O)c1c(C)cc(C)cc1SN(C)CC(=O)Nc1ccc(N2CCOCC2)c(Cl)c1. The molecule has 0 spiro atoms. The van der Waals surface area contributed by atoms with E-state index in [1.54, 1.807) is 17.4 Å². The summed E-state index contributed by atoms with van der Waals surface area (Å²) < 4.78 is 7.15. The lowest BCUT2D eigenvalue weighted by Crippen LogP contribution is -2.36. The number of imide groups is 1. The zero-order chi connectivity index (χ0) is 27.7. The van der Waals surface area contributed by atoms with Crippen molar-refractivity contribution in [1.82, 2.24) is 4.31 Å². The third-order valence-corrected chi connectivity index (χ3v) is 6.72. The van der Waals surface area contributed by atoms with Crippen molar-refractivity contribution >= 4 is 58.3 Å². The molecule has 2 aromatic carbocycles. The lowest BCUT2D eigenvalue weighted by molar-refractivity contribution is -0.124. The minimum Gasteiger partial charge on any atom is -0.378 e. The van der Waals surface area contributed by atoms with Gasteiger partial charge in [0.2, 0.25) is 17.7 Å². The molecule has 1 fully saturated rings. The van der Waals surface area contributed by atoms with Crippen molar-refractivity contribution in [3.63, 3.8) is 0 Å². The summed E-state index contributed by atoms with van der Waals surface area (Å²) in [5.41, 5.74) is 3.88. The van der Waals surface area contributed by atoms with E-state index in [9.17, 15) is 14.4 Å². The molecule has 37 heavy (non-hydrogen) atoms. The molecule has 1 heterocycles. The molecule has 1 aliphatic rings. The van der Waals surface area contributed by atoms with E-state index in [-0.39, 0.29) is 24.3 Å². The fraction of sp³-hybridized carbons (Fsp3) is 0.444. The quantitative estimate of drug-likeness (QED) is 0.470. The second-order valence-corrected chi connectivity index (χ2v) is 10.1. The van der Waals surface area contributed by atoms with Crippen LogP contribution in [0.25, 0.3) is 0 Å². The van der Waals surface area contributed by atoms with Gasteiger partial charge in [-0.15, -0.1) is 0 Å². The first-order chi connectivity index (χ1) is 17.6. The Bertz CT molecular complexity index is 1110. The monoisotopic (exact) mass is 548 g/mol. The van der Waals surface area contributed by atoms with Crippen molar-refractivity contribution in [3.05, 3.63) is 46.5 Å². The van der Waals surface area contributed by atoms with Crippen LogP contribution in [0.2, 0.25) is 5.02 Å². The molecule has 3 amide bonds. The van der Waals surface area contributed by atoms with Crippen molar-refractivity contribution < 1.29 is 19.1 Å². The largest absolute Gasteiger partial charge is 0.378 e. The van der Waals surface area contributed by atoms with E-state index in [2.05, 4.69) is 10.2 Å². The summed E-state index contributed by atoms with van der Waals surface area (Å²) in [6.07, 6.45) is 0. The molecular weight excluding hydrogens is 512 g/mol. The molecule has 0 radical (unpaired) electrons. The first-order valence-electron chi connectivity index (χ1n) is 12.3. The van der Waals surface area contributed by atoms with Gasteiger partial charge >= 0.3 is 0 Å². The normalized spacial score (nSPS) is 13.1. The molecular formula is C27H37ClN4O4S. The summed E-state index contributed by atoms with van der Waals surface area (Å²) in [4.78, 5) is 41.2. The van der Waals surface area contributed by atoms with Crippen LogP contribution in [-0.2, 0) is 19.1 Å². The zero-order valence-electron chi connectivity index (χ0n) is 22.7. The Morgan fingerprint density at radius 1 is 1.05 bits per heavy atom. The third kappa shape index (κ3) is 8.46. The number of aryl methyl sites for hydroxylation is 2. The number of halogens is 1. The number of benzene rings is 2. The second kappa shape index (κ2) is 14.4. The Morgan fingerprint density at radius 2 is 1.68 bits per heavy atom. The first kappa shape index (κ1) is 30.6. The lowest BCUT2D eigenvalue weighted by Gasteiger charge is -2.29. The van der Waals surface area contributed by atoms with Gasteiger partial charge in [0.25, 0.3) is 0 Å². The van der Waals surface area contributed by atoms with Gasteiger partial charge in [-0.3, -0.25) is 14.4 Å². The number of carbonyl (C=O) groups is 3. The van der Waals surface area contributed by atoms with Crippen molar-refractivity contribution in [1.29, 1.82) is 0 Å². The van der Waals surface area contributed by atoms with Gasteiger partial charge < -0.3 is 15.0 Å². The maximum absolute atomic E-state index is 12.7. The molecule has 1 aliphatic heterocycles. The molecule has 0 bridgehead atoms. The highest BCUT2D eigenvalue weighted by molar-refractivity contribution is 7.97. The van der Waals surface area contributed by atoms with E-state index < -0.39 is 0 Å². The average Bonchev–Trinajstić information content (AvgIpc) is 2.82. The zero-order valence-corrected chi connectivity index (χ0v) is 24.3. The molecule has 0 atom stereocenters. The highest BCUT2D eigenvalue weighted by Gasteiger charge is 2.24. The summed E-state index contributed by atoms with van der Waals surface area (Å²) in [6.45, 7) is 13.5. The number of rotatable bonds is 7. The maximum atomic E-state index is 12.7. The van der Waals surface area contributed by atoms with E-state index in [1.807, 2.05) is 52.0 Å². The van der Waals surface area contributed by atoms with Crippen LogP contribution in [0, 0.1) is 13.8 Å².